The molecule has 9 heteroatoms. The van der Waals surface area contributed by atoms with E-state index in [1.165, 1.54) is 109 Å². The van der Waals surface area contributed by atoms with Crippen molar-refractivity contribution in [3.05, 3.63) is 60.8 Å². The Morgan fingerprint density at radius 3 is 1.35 bits per heavy atom. The van der Waals surface area contributed by atoms with Gasteiger partial charge in [-0.2, -0.15) is 0 Å². The van der Waals surface area contributed by atoms with E-state index in [1.54, 1.807) is 0 Å². The van der Waals surface area contributed by atoms with E-state index in [0.717, 1.165) is 38.5 Å². The Balaban J connectivity index is 3.99. The molecule has 2 N–H and O–H groups in total. The quantitative estimate of drug-likeness (QED) is 0.0274. The number of ether oxygens (including phenoxy) is 2. The highest BCUT2D eigenvalue weighted by Crippen LogP contribution is 2.36. The first kappa shape index (κ1) is 51.8. The van der Waals surface area contributed by atoms with E-state index in [2.05, 4.69) is 73.1 Å². The Morgan fingerprint density at radius 2 is 0.852 bits per heavy atom. The average molecular weight is 779 g/mol. The normalized spacial score (nSPS) is 13.0. The lowest BCUT2D eigenvalue weighted by atomic mass is 10.1. The highest BCUT2D eigenvalue weighted by atomic mass is 31.2. The average Bonchev–Trinajstić information content (AvgIpc) is 3.14. The molecule has 0 spiro atoms. The van der Waals surface area contributed by atoms with Gasteiger partial charge in [-0.3, -0.25) is 14.1 Å². The Bertz CT molecular complexity index is 1060. The molecular weight excluding hydrogens is 699 g/mol. The summed E-state index contributed by atoms with van der Waals surface area (Å²) in [5.41, 5.74) is 0. The Hall–Kier alpha value is -2.25. The molecule has 1 atom stereocenters. The van der Waals surface area contributed by atoms with Crippen molar-refractivity contribution in [2.75, 3.05) is 13.2 Å². The zero-order valence-electron chi connectivity index (χ0n) is 34.4. The van der Waals surface area contributed by atoms with Crippen LogP contribution in [0.15, 0.2) is 60.8 Å². The van der Waals surface area contributed by atoms with E-state index in [0.29, 0.717) is 19.3 Å². The van der Waals surface area contributed by atoms with Crippen LogP contribution in [0.4, 0.5) is 0 Å². The fraction of sp³-hybridized carbons (Fsp3) is 0.733. The van der Waals surface area contributed by atoms with Crippen molar-refractivity contribution in [2.24, 2.45) is 0 Å². The van der Waals surface area contributed by atoms with Gasteiger partial charge in [-0.25, -0.2) is 4.57 Å². The van der Waals surface area contributed by atoms with Crippen LogP contribution >= 0.6 is 7.82 Å². The van der Waals surface area contributed by atoms with Gasteiger partial charge in [-0.1, -0.05) is 164 Å². The fourth-order valence-electron chi connectivity index (χ4n) is 5.77. The lowest BCUT2D eigenvalue weighted by Gasteiger charge is -2.18. The van der Waals surface area contributed by atoms with Crippen LogP contribution in [0.3, 0.4) is 0 Å². The Labute approximate surface area is 330 Å². The molecule has 0 aromatic rings. The first-order valence-electron chi connectivity index (χ1n) is 21.6. The summed E-state index contributed by atoms with van der Waals surface area (Å²) < 4.78 is 26.3. The molecule has 0 aromatic carbocycles. The number of allylic oxidation sites excluding steroid dienone is 10. The van der Waals surface area contributed by atoms with Crippen LogP contribution < -0.4 is 0 Å². The molecule has 54 heavy (non-hydrogen) atoms. The highest BCUT2D eigenvalue weighted by Gasteiger charge is 2.22. The maximum absolute atomic E-state index is 12.4. The number of esters is 2. The van der Waals surface area contributed by atoms with E-state index >= 15 is 0 Å². The molecule has 0 fully saturated rings. The standard InChI is InChI=1S/C45H79O8P/c1-3-5-7-9-11-13-15-17-19-21-22-24-25-27-29-31-33-35-37-39-44(46)51-41-43(42-52-54(48,49)50)53-45(47)40-38-36-34-32-30-28-26-23-20-18-16-14-12-10-8-6-4-2/h12,14,17-20,26,28,32,34,43H,3-11,13,15-16,21-25,27,29-31,33,35-42H2,1-2H3,(H2,48,49,50)/b14-12-,19-17-,20-18-,28-26-,34-32-/t43-/m1/s1. The third kappa shape index (κ3) is 42.5. The van der Waals surface area contributed by atoms with Crippen LogP contribution in [0.5, 0.6) is 0 Å². The molecule has 0 radical (unpaired) electrons. The van der Waals surface area contributed by atoms with Crippen molar-refractivity contribution in [3.8, 4) is 0 Å². The van der Waals surface area contributed by atoms with E-state index in [9.17, 15) is 14.2 Å². The van der Waals surface area contributed by atoms with Gasteiger partial charge in [0.05, 0.1) is 6.61 Å². The zero-order valence-corrected chi connectivity index (χ0v) is 35.2. The van der Waals surface area contributed by atoms with Crippen molar-refractivity contribution in [3.63, 3.8) is 0 Å². The second kappa shape index (κ2) is 40.4. The molecule has 0 amide bonds. The van der Waals surface area contributed by atoms with Gasteiger partial charge in [0.2, 0.25) is 0 Å². The summed E-state index contributed by atoms with van der Waals surface area (Å²) in [4.78, 5) is 42.8. The molecule has 8 nitrogen and oxygen atoms in total. The first-order chi connectivity index (χ1) is 26.3. The van der Waals surface area contributed by atoms with Gasteiger partial charge in [-0.15, -0.1) is 0 Å². The van der Waals surface area contributed by atoms with Crippen LogP contribution in [0.1, 0.15) is 194 Å². The molecule has 0 bridgehead atoms. The molecule has 0 saturated heterocycles. The fourth-order valence-corrected chi connectivity index (χ4v) is 6.13. The highest BCUT2D eigenvalue weighted by molar-refractivity contribution is 7.46. The summed E-state index contributed by atoms with van der Waals surface area (Å²) >= 11 is 0. The van der Waals surface area contributed by atoms with E-state index in [4.69, 9.17) is 19.3 Å². The van der Waals surface area contributed by atoms with Crippen molar-refractivity contribution in [1.29, 1.82) is 0 Å². The third-order valence-corrected chi connectivity index (χ3v) is 9.49. The van der Waals surface area contributed by atoms with Crippen LogP contribution in [0, 0.1) is 0 Å². The lowest BCUT2D eigenvalue weighted by molar-refractivity contribution is -0.161. The van der Waals surface area contributed by atoms with Crippen molar-refractivity contribution >= 4 is 19.8 Å². The van der Waals surface area contributed by atoms with Gasteiger partial charge >= 0.3 is 19.8 Å². The minimum Gasteiger partial charge on any atom is -0.462 e. The summed E-state index contributed by atoms with van der Waals surface area (Å²) in [7, 11) is -4.77. The number of unbranched alkanes of at least 4 members (excludes halogenated alkanes) is 19. The lowest BCUT2D eigenvalue weighted by Crippen LogP contribution is -2.29. The molecule has 0 saturated carbocycles. The summed E-state index contributed by atoms with van der Waals surface area (Å²) in [6, 6.07) is 0. The molecule has 0 heterocycles. The molecule has 0 rings (SSSR count). The molecule has 0 aliphatic carbocycles. The number of carbonyl (C=O) groups excluding carboxylic acids is 2. The molecular formula is C45H79O8P. The summed E-state index contributed by atoms with van der Waals surface area (Å²) in [5.74, 6) is -0.953. The number of carbonyl (C=O) groups is 2. The van der Waals surface area contributed by atoms with Gasteiger partial charge in [0, 0.05) is 12.8 Å². The molecule has 0 aliphatic rings. The van der Waals surface area contributed by atoms with Gasteiger partial charge in [0.15, 0.2) is 6.10 Å². The van der Waals surface area contributed by atoms with Crippen LogP contribution in [-0.2, 0) is 28.2 Å². The van der Waals surface area contributed by atoms with E-state index < -0.39 is 32.5 Å². The number of rotatable bonds is 39. The van der Waals surface area contributed by atoms with Crippen molar-refractivity contribution in [1.82, 2.24) is 0 Å². The number of hydrogen-bond donors (Lipinski definition) is 2. The molecule has 0 aromatic heterocycles. The summed E-state index contributed by atoms with van der Waals surface area (Å²) in [6.07, 6.45) is 50.9. The number of phosphoric ester groups is 1. The maximum atomic E-state index is 12.4. The SMILES string of the molecule is CCCCC/C=C\C/C=C\C/C=C\C/C=C\CCCC(=O)O[C@H](COC(=O)CCCCCCCCCCC/C=C\CCCCCCCC)COP(=O)(O)O. The molecule has 312 valence electrons. The maximum Gasteiger partial charge on any atom is 0.469 e. The monoisotopic (exact) mass is 779 g/mol. The third-order valence-electron chi connectivity index (χ3n) is 9.01. The smallest absolute Gasteiger partial charge is 0.462 e. The summed E-state index contributed by atoms with van der Waals surface area (Å²) in [5, 5.41) is 0. The van der Waals surface area contributed by atoms with Gasteiger partial charge in [-0.05, 0) is 77.0 Å². The largest absolute Gasteiger partial charge is 0.469 e. The Morgan fingerprint density at radius 1 is 0.481 bits per heavy atom. The van der Waals surface area contributed by atoms with Crippen molar-refractivity contribution < 1.29 is 37.9 Å². The molecule has 0 aliphatic heterocycles. The van der Waals surface area contributed by atoms with Gasteiger partial charge in [0.1, 0.15) is 6.61 Å². The Kier molecular flexibility index (Phi) is 38.7. The van der Waals surface area contributed by atoms with E-state index in [-0.39, 0.29) is 19.4 Å². The van der Waals surface area contributed by atoms with Crippen LogP contribution in [0.25, 0.3) is 0 Å². The van der Waals surface area contributed by atoms with Gasteiger partial charge < -0.3 is 19.3 Å². The van der Waals surface area contributed by atoms with Crippen molar-refractivity contribution in [2.45, 2.75) is 200 Å². The first-order valence-corrected chi connectivity index (χ1v) is 23.1. The number of phosphoric acid groups is 1. The predicted octanol–water partition coefficient (Wildman–Crippen LogP) is 13.3. The van der Waals surface area contributed by atoms with Gasteiger partial charge in [0.25, 0.3) is 0 Å². The van der Waals surface area contributed by atoms with Crippen LogP contribution in [-0.4, -0.2) is 41.0 Å². The topological polar surface area (TPSA) is 119 Å². The van der Waals surface area contributed by atoms with E-state index in [1.807, 2.05) is 6.08 Å². The second-order valence-corrected chi connectivity index (χ2v) is 15.5. The minimum absolute atomic E-state index is 0.134. The predicted molar refractivity (Wildman–Crippen MR) is 225 cm³/mol. The molecule has 0 unspecified atom stereocenters. The summed E-state index contributed by atoms with van der Waals surface area (Å²) in [6.45, 7) is 3.61. The second-order valence-electron chi connectivity index (χ2n) is 14.3. The number of hydrogen-bond acceptors (Lipinski definition) is 6. The zero-order chi connectivity index (χ0) is 39.6. The minimum atomic E-state index is -4.77. The van der Waals surface area contributed by atoms with Crippen LogP contribution in [0.2, 0.25) is 0 Å².